The molecule has 2 aliphatic rings. The number of likely N-dealkylation sites (tertiary alicyclic amines) is 1. The van der Waals surface area contributed by atoms with Gasteiger partial charge in [-0.1, -0.05) is 6.92 Å². The molecule has 17 heavy (non-hydrogen) atoms. The molecular formula is C14H26N2O. The summed E-state index contributed by atoms with van der Waals surface area (Å²) in [7, 11) is 0. The Morgan fingerprint density at radius 1 is 1.24 bits per heavy atom. The highest BCUT2D eigenvalue weighted by Gasteiger charge is 2.30. The lowest BCUT2D eigenvalue weighted by Crippen LogP contribution is -2.36. The number of nitrogens with one attached hydrogen (secondary N) is 1. The van der Waals surface area contributed by atoms with Crippen LogP contribution in [0.5, 0.6) is 0 Å². The Balaban J connectivity index is 1.73. The van der Waals surface area contributed by atoms with E-state index in [-0.39, 0.29) is 0 Å². The zero-order valence-corrected chi connectivity index (χ0v) is 11.2. The van der Waals surface area contributed by atoms with E-state index in [4.69, 9.17) is 0 Å². The summed E-state index contributed by atoms with van der Waals surface area (Å²) in [4.78, 5) is 14.3. The van der Waals surface area contributed by atoms with E-state index < -0.39 is 0 Å². The first kappa shape index (κ1) is 12.9. The number of hydrogen-bond donors (Lipinski definition) is 1. The zero-order valence-electron chi connectivity index (χ0n) is 11.2. The number of hydrogen-bond acceptors (Lipinski definition) is 2. The minimum Gasteiger partial charge on any atom is -0.340 e. The predicted molar refractivity (Wildman–Crippen MR) is 69.8 cm³/mol. The third kappa shape index (κ3) is 3.21. The van der Waals surface area contributed by atoms with Gasteiger partial charge in [-0.2, -0.15) is 0 Å². The Hall–Kier alpha value is -0.570. The largest absolute Gasteiger partial charge is 0.340 e. The number of amides is 1. The molecule has 1 N–H and O–H groups in total. The molecule has 2 rings (SSSR count). The fourth-order valence-electron chi connectivity index (χ4n) is 3.09. The molecule has 3 nitrogen and oxygen atoms in total. The second-order valence-corrected chi connectivity index (χ2v) is 5.83. The van der Waals surface area contributed by atoms with Crippen molar-refractivity contribution < 1.29 is 4.79 Å². The normalized spacial score (nSPS) is 30.8. The molecule has 1 amide bonds. The second-order valence-electron chi connectivity index (χ2n) is 5.83. The van der Waals surface area contributed by atoms with Crippen LogP contribution in [0, 0.1) is 11.8 Å². The lowest BCUT2D eigenvalue weighted by atomic mass is 9.93. The summed E-state index contributed by atoms with van der Waals surface area (Å²) in [6.07, 6.45) is 5.54. The fourth-order valence-corrected chi connectivity index (χ4v) is 3.09. The van der Waals surface area contributed by atoms with Gasteiger partial charge in [-0.3, -0.25) is 4.79 Å². The van der Waals surface area contributed by atoms with Gasteiger partial charge in [0.2, 0.25) is 5.91 Å². The Bertz CT molecular complexity index is 261. The van der Waals surface area contributed by atoms with Crippen LogP contribution >= 0.6 is 0 Å². The molecular weight excluding hydrogens is 212 g/mol. The summed E-state index contributed by atoms with van der Waals surface area (Å²) in [5, 5.41) is 3.37. The quantitative estimate of drug-likeness (QED) is 0.816. The van der Waals surface area contributed by atoms with Crippen LogP contribution in [-0.2, 0) is 4.79 Å². The topological polar surface area (TPSA) is 32.3 Å². The minimum atomic E-state index is 0.389. The van der Waals surface area contributed by atoms with E-state index in [1.54, 1.807) is 0 Å². The molecule has 3 heteroatoms. The molecule has 0 aliphatic carbocycles. The monoisotopic (exact) mass is 238 g/mol. The van der Waals surface area contributed by atoms with Crippen molar-refractivity contribution in [1.29, 1.82) is 0 Å². The van der Waals surface area contributed by atoms with Crippen LogP contribution in [0.1, 0.15) is 46.0 Å². The third-order valence-corrected chi connectivity index (χ3v) is 4.69. The van der Waals surface area contributed by atoms with E-state index in [0.29, 0.717) is 17.9 Å². The van der Waals surface area contributed by atoms with E-state index in [2.05, 4.69) is 24.1 Å². The van der Waals surface area contributed by atoms with Crippen molar-refractivity contribution in [3.63, 3.8) is 0 Å². The lowest BCUT2D eigenvalue weighted by Gasteiger charge is -2.26. The molecule has 0 spiro atoms. The minimum absolute atomic E-state index is 0.389. The first-order chi connectivity index (χ1) is 8.18. The average Bonchev–Trinajstić information content (AvgIpc) is 2.69. The number of carbonyl (C=O) groups excluding carboxylic acids is 1. The molecule has 0 saturated carbocycles. The maximum Gasteiger partial charge on any atom is 0.222 e. The van der Waals surface area contributed by atoms with Crippen LogP contribution in [0.4, 0.5) is 0 Å². The van der Waals surface area contributed by atoms with E-state index in [9.17, 15) is 4.79 Å². The van der Waals surface area contributed by atoms with Gasteiger partial charge < -0.3 is 10.2 Å². The van der Waals surface area contributed by atoms with Crippen molar-refractivity contribution in [2.24, 2.45) is 11.8 Å². The highest BCUT2D eigenvalue weighted by atomic mass is 16.2. The van der Waals surface area contributed by atoms with Crippen LogP contribution < -0.4 is 5.32 Å². The molecule has 2 fully saturated rings. The summed E-state index contributed by atoms with van der Waals surface area (Å²) in [5.41, 5.74) is 0. The summed E-state index contributed by atoms with van der Waals surface area (Å²) in [6.45, 7) is 7.70. The summed E-state index contributed by atoms with van der Waals surface area (Å²) < 4.78 is 0. The maximum absolute atomic E-state index is 12.2. The van der Waals surface area contributed by atoms with Crippen LogP contribution in [0.2, 0.25) is 0 Å². The molecule has 0 aromatic heterocycles. The average molecular weight is 238 g/mol. The van der Waals surface area contributed by atoms with Crippen LogP contribution in [0.25, 0.3) is 0 Å². The van der Waals surface area contributed by atoms with Gasteiger partial charge in [-0.25, -0.2) is 0 Å². The van der Waals surface area contributed by atoms with E-state index in [1.807, 2.05) is 0 Å². The Kier molecular flexibility index (Phi) is 4.43. The second kappa shape index (κ2) is 5.85. The standard InChI is InChI=1S/C14H26N2O/c1-11-7-10-16(12(11)2)14(17)4-3-13-5-8-15-9-6-13/h11-13,15H,3-10H2,1-2H3. The fraction of sp³-hybridized carbons (Fsp3) is 0.929. The molecule has 98 valence electrons. The van der Waals surface area contributed by atoms with Gasteiger partial charge in [0.25, 0.3) is 0 Å². The number of carbonyl (C=O) groups is 1. The smallest absolute Gasteiger partial charge is 0.222 e. The molecule has 2 aliphatic heterocycles. The predicted octanol–water partition coefficient (Wildman–Crippen LogP) is 2.02. The van der Waals surface area contributed by atoms with Crippen molar-refractivity contribution in [3.8, 4) is 0 Å². The lowest BCUT2D eigenvalue weighted by molar-refractivity contribution is -0.132. The Morgan fingerprint density at radius 3 is 2.53 bits per heavy atom. The van der Waals surface area contributed by atoms with Gasteiger partial charge in [0, 0.05) is 19.0 Å². The molecule has 2 heterocycles. The summed E-state index contributed by atoms with van der Waals surface area (Å²) in [5.74, 6) is 1.84. The maximum atomic E-state index is 12.2. The number of rotatable bonds is 3. The first-order valence-electron chi connectivity index (χ1n) is 7.18. The van der Waals surface area contributed by atoms with Crippen LogP contribution in [0.15, 0.2) is 0 Å². The summed E-state index contributed by atoms with van der Waals surface area (Å²) >= 11 is 0. The van der Waals surface area contributed by atoms with Gasteiger partial charge in [-0.05, 0) is 57.5 Å². The molecule has 0 aromatic rings. The van der Waals surface area contributed by atoms with Crippen LogP contribution in [0.3, 0.4) is 0 Å². The molecule has 2 atom stereocenters. The van der Waals surface area contributed by atoms with E-state index in [0.717, 1.165) is 38.4 Å². The van der Waals surface area contributed by atoms with Gasteiger partial charge in [0.1, 0.15) is 0 Å². The van der Waals surface area contributed by atoms with Gasteiger partial charge in [-0.15, -0.1) is 0 Å². The molecule has 0 radical (unpaired) electrons. The van der Waals surface area contributed by atoms with Crippen molar-refractivity contribution >= 4 is 5.91 Å². The van der Waals surface area contributed by atoms with E-state index >= 15 is 0 Å². The van der Waals surface area contributed by atoms with Crippen molar-refractivity contribution in [2.45, 2.75) is 52.0 Å². The SMILES string of the molecule is CC1CCN(C(=O)CCC2CCNCC2)C1C. The van der Waals surface area contributed by atoms with Crippen molar-refractivity contribution in [2.75, 3.05) is 19.6 Å². The zero-order chi connectivity index (χ0) is 12.3. The molecule has 0 bridgehead atoms. The molecule has 0 aromatic carbocycles. The highest BCUT2D eigenvalue weighted by molar-refractivity contribution is 5.76. The van der Waals surface area contributed by atoms with Crippen LogP contribution in [-0.4, -0.2) is 36.5 Å². The number of nitrogens with zero attached hydrogens (tertiary/aromatic N) is 1. The number of piperidine rings is 1. The van der Waals surface area contributed by atoms with Gasteiger partial charge in [0.15, 0.2) is 0 Å². The van der Waals surface area contributed by atoms with Crippen molar-refractivity contribution in [3.05, 3.63) is 0 Å². The molecule has 2 saturated heterocycles. The first-order valence-corrected chi connectivity index (χ1v) is 7.18. The van der Waals surface area contributed by atoms with Gasteiger partial charge in [0.05, 0.1) is 0 Å². The highest BCUT2D eigenvalue weighted by Crippen LogP contribution is 2.25. The van der Waals surface area contributed by atoms with E-state index in [1.165, 1.54) is 19.3 Å². The third-order valence-electron chi connectivity index (χ3n) is 4.69. The van der Waals surface area contributed by atoms with Gasteiger partial charge >= 0.3 is 0 Å². The van der Waals surface area contributed by atoms with Crippen molar-refractivity contribution in [1.82, 2.24) is 10.2 Å². The Labute approximate surface area is 105 Å². The summed E-state index contributed by atoms with van der Waals surface area (Å²) in [6, 6.07) is 0.454. The Morgan fingerprint density at radius 2 is 1.94 bits per heavy atom. The molecule has 2 unspecified atom stereocenters.